The molecule has 112 valence electrons. The first-order valence-electron chi connectivity index (χ1n) is 6.86. The maximum absolute atomic E-state index is 6.27. The molecule has 0 heterocycles. The Kier molecular flexibility index (Phi) is 6.15. The van der Waals surface area contributed by atoms with E-state index in [-0.39, 0.29) is 6.04 Å². The molecule has 0 spiro atoms. The molecule has 2 N–H and O–H groups in total. The number of ether oxygens (including phenoxy) is 1. The number of methoxy groups -OCH3 is 1. The Morgan fingerprint density at radius 1 is 1.19 bits per heavy atom. The SMILES string of the molecule is COc1ccc(C)cc1CC(N)CSc1ccc(Br)cc1. The standard InChI is InChI=1S/C17H20BrNOS/c1-12-3-8-17(20-2)13(9-12)10-15(19)11-21-16-6-4-14(18)5-7-16/h3-9,15H,10-11,19H2,1-2H3. The summed E-state index contributed by atoms with van der Waals surface area (Å²) < 4.78 is 6.51. The number of halogens is 1. The van der Waals surface area contributed by atoms with Crippen molar-refractivity contribution < 1.29 is 4.74 Å². The van der Waals surface area contributed by atoms with Crippen molar-refractivity contribution in [1.29, 1.82) is 0 Å². The van der Waals surface area contributed by atoms with Crippen molar-refractivity contribution in [2.24, 2.45) is 5.73 Å². The Bertz CT molecular complexity index is 586. The molecule has 0 radical (unpaired) electrons. The number of aryl methyl sites for hydroxylation is 1. The van der Waals surface area contributed by atoms with Crippen LogP contribution in [0.5, 0.6) is 5.75 Å². The monoisotopic (exact) mass is 365 g/mol. The summed E-state index contributed by atoms with van der Waals surface area (Å²) in [4.78, 5) is 1.24. The van der Waals surface area contributed by atoms with Crippen LogP contribution in [0.2, 0.25) is 0 Å². The smallest absolute Gasteiger partial charge is 0.122 e. The number of hydrogen-bond donors (Lipinski definition) is 1. The average molecular weight is 366 g/mol. The van der Waals surface area contributed by atoms with Crippen molar-refractivity contribution in [3.05, 3.63) is 58.1 Å². The summed E-state index contributed by atoms with van der Waals surface area (Å²) in [6.45, 7) is 2.09. The highest BCUT2D eigenvalue weighted by Gasteiger charge is 2.10. The second kappa shape index (κ2) is 7.87. The molecule has 2 rings (SSSR count). The van der Waals surface area contributed by atoms with Gasteiger partial charge in [0.15, 0.2) is 0 Å². The van der Waals surface area contributed by atoms with Gasteiger partial charge in [-0.05, 0) is 49.2 Å². The number of rotatable bonds is 6. The van der Waals surface area contributed by atoms with E-state index in [0.717, 1.165) is 22.4 Å². The van der Waals surface area contributed by atoms with Gasteiger partial charge in [0.05, 0.1) is 7.11 Å². The van der Waals surface area contributed by atoms with Gasteiger partial charge in [0.1, 0.15) is 5.75 Å². The van der Waals surface area contributed by atoms with Crippen LogP contribution in [-0.4, -0.2) is 18.9 Å². The molecule has 0 aromatic heterocycles. The Morgan fingerprint density at radius 3 is 2.57 bits per heavy atom. The highest BCUT2D eigenvalue weighted by Crippen LogP contribution is 2.24. The van der Waals surface area contributed by atoms with Gasteiger partial charge in [-0.3, -0.25) is 0 Å². The minimum Gasteiger partial charge on any atom is -0.496 e. The Hall–Kier alpha value is -0.970. The van der Waals surface area contributed by atoms with Crippen LogP contribution < -0.4 is 10.5 Å². The lowest BCUT2D eigenvalue weighted by Crippen LogP contribution is -2.25. The van der Waals surface area contributed by atoms with E-state index in [0.29, 0.717) is 0 Å². The van der Waals surface area contributed by atoms with Crippen LogP contribution in [-0.2, 0) is 6.42 Å². The van der Waals surface area contributed by atoms with Gasteiger partial charge in [-0.1, -0.05) is 33.6 Å². The van der Waals surface area contributed by atoms with Gasteiger partial charge in [0, 0.05) is 21.2 Å². The highest BCUT2D eigenvalue weighted by molar-refractivity contribution is 9.10. The zero-order chi connectivity index (χ0) is 15.2. The summed E-state index contributed by atoms with van der Waals surface area (Å²) in [7, 11) is 1.70. The third-order valence-electron chi connectivity index (χ3n) is 3.20. The van der Waals surface area contributed by atoms with Gasteiger partial charge in [-0.25, -0.2) is 0 Å². The van der Waals surface area contributed by atoms with E-state index < -0.39 is 0 Å². The Labute approximate surface area is 139 Å². The van der Waals surface area contributed by atoms with Gasteiger partial charge < -0.3 is 10.5 Å². The fraction of sp³-hybridized carbons (Fsp3) is 0.294. The third-order valence-corrected chi connectivity index (χ3v) is 4.92. The maximum atomic E-state index is 6.27. The molecule has 0 aliphatic rings. The summed E-state index contributed by atoms with van der Waals surface area (Å²) in [5.41, 5.74) is 8.69. The zero-order valence-electron chi connectivity index (χ0n) is 12.3. The van der Waals surface area contributed by atoms with Crippen molar-refractivity contribution in [2.75, 3.05) is 12.9 Å². The molecule has 0 bridgehead atoms. The lowest BCUT2D eigenvalue weighted by molar-refractivity contribution is 0.408. The van der Waals surface area contributed by atoms with Crippen molar-refractivity contribution in [2.45, 2.75) is 24.3 Å². The first kappa shape index (κ1) is 16.4. The molecule has 0 fully saturated rings. The van der Waals surface area contributed by atoms with E-state index in [2.05, 4.69) is 59.3 Å². The summed E-state index contributed by atoms with van der Waals surface area (Å²) in [6, 6.07) is 14.7. The van der Waals surface area contributed by atoms with E-state index >= 15 is 0 Å². The van der Waals surface area contributed by atoms with Crippen LogP contribution in [0.1, 0.15) is 11.1 Å². The van der Waals surface area contributed by atoms with Crippen LogP contribution in [0.3, 0.4) is 0 Å². The second-order valence-electron chi connectivity index (χ2n) is 5.04. The van der Waals surface area contributed by atoms with Gasteiger partial charge in [-0.15, -0.1) is 11.8 Å². The Morgan fingerprint density at radius 2 is 1.90 bits per heavy atom. The van der Waals surface area contributed by atoms with Crippen LogP contribution in [0, 0.1) is 6.92 Å². The molecule has 0 aliphatic heterocycles. The first-order valence-corrected chi connectivity index (χ1v) is 8.64. The average Bonchev–Trinajstić information content (AvgIpc) is 2.47. The molecule has 0 saturated carbocycles. The third kappa shape index (κ3) is 5.06. The molecule has 4 heteroatoms. The molecule has 0 amide bonds. The van der Waals surface area contributed by atoms with Crippen LogP contribution >= 0.6 is 27.7 Å². The summed E-state index contributed by atoms with van der Waals surface area (Å²) >= 11 is 5.23. The fourth-order valence-electron chi connectivity index (χ4n) is 2.14. The van der Waals surface area contributed by atoms with E-state index in [1.807, 2.05) is 6.07 Å². The predicted octanol–water partition coefficient (Wildman–Crippen LogP) is 4.43. The normalized spacial score (nSPS) is 12.2. The van der Waals surface area contributed by atoms with Crippen molar-refractivity contribution in [1.82, 2.24) is 0 Å². The topological polar surface area (TPSA) is 35.2 Å². The predicted molar refractivity (Wildman–Crippen MR) is 94.3 cm³/mol. The van der Waals surface area contributed by atoms with E-state index in [1.54, 1.807) is 18.9 Å². The molecule has 2 nitrogen and oxygen atoms in total. The summed E-state index contributed by atoms with van der Waals surface area (Å²) in [5, 5.41) is 0. The van der Waals surface area contributed by atoms with Gasteiger partial charge in [-0.2, -0.15) is 0 Å². The fourth-order valence-corrected chi connectivity index (χ4v) is 3.26. The second-order valence-corrected chi connectivity index (χ2v) is 7.05. The van der Waals surface area contributed by atoms with Crippen molar-refractivity contribution >= 4 is 27.7 Å². The molecule has 1 unspecified atom stereocenters. The van der Waals surface area contributed by atoms with Crippen molar-refractivity contribution in [3.8, 4) is 5.75 Å². The lowest BCUT2D eigenvalue weighted by Gasteiger charge is -2.14. The van der Waals surface area contributed by atoms with Gasteiger partial charge >= 0.3 is 0 Å². The summed E-state index contributed by atoms with van der Waals surface area (Å²) in [5.74, 6) is 1.81. The minimum absolute atomic E-state index is 0.106. The molecule has 0 aliphatic carbocycles. The van der Waals surface area contributed by atoms with E-state index in [9.17, 15) is 0 Å². The molecule has 21 heavy (non-hydrogen) atoms. The maximum Gasteiger partial charge on any atom is 0.122 e. The quantitative estimate of drug-likeness (QED) is 0.769. The first-order chi connectivity index (χ1) is 10.1. The Balaban J connectivity index is 1.94. The van der Waals surface area contributed by atoms with Crippen molar-refractivity contribution in [3.63, 3.8) is 0 Å². The number of hydrogen-bond acceptors (Lipinski definition) is 3. The van der Waals surface area contributed by atoms with Gasteiger partial charge in [0.2, 0.25) is 0 Å². The molecule has 1 atom stereocenters. The molecular formula is C17H20BrNOS. The van der Waals surface area contributed by atoms with E-state index in [1.165, 1.54) is 16.0 Å². The zero-order valence-corrected chi connectivity index (χ0v) is 14.7. The van der Waals surface area contributed by atoms with Crippen LogP contribution in [0.15, 0.2) is 51.8 Å². The highest BCUT2D eigenvalue weighted by atomic mass is 79.9. The van der Waals surface area contributed by atoms with E-state index in [4.69, 9.17) is 10.5 Å². The lowest BCUT2D eigenvalue weighted by atomic mass is 10.0. The molecule has 2 aromatic rings. The van der Waals surface area contributed by atoms with Gasteiger partial charge in [0.25, 0.3) is 0 Å². The number of nitrogens with two attached hydrogens (primary N) is 1. The molecule has 2 aromatic carbocycles. The number of thioether (sulfide) groups is 1. The molecular weight excluding hydrogens is 346 g/mol. The molecule has 0 saturated heterocycles. The number of benzene rings is 2. The minimum atomic E-state index is 0.106. The van der Waals surface area contributed by atoms with Crippen LogP contribution in [0.4, 0.5) is 0 Å². The van der Waals surface area contributed by atoms with Crippen LogP contribution in [0.25, 0.3) is 0 Å². The summed E-state index contributed by atoms with van der Waals surface area (Å²) in [6.07, 6.45) is 0.828. The largest absolute Gasteiger partial charge is 0.496 e.